The Labute approximate surface area is 112 Å². The van der Waals surface area contributed by atoms with Gasteiger partial charge in [-0.25, -0.2) is 0 Å². The van der Waals surface area contributed by atoms with Crippen LogP contribution in [0.15, 0.2) is 0 Å². The third kappa shape index (κ3) is 3.49. The molecule has 0 unspecified atom stereocenters. The van der Waals surface area contributed by atoms with Crippen LogP contribution in [0.5, 0.6) is 0 Å². The van der Waals surface area contributed by atoms with Crippen molar-refractivity contribution >= 4 is 5.97 Å². The number of carboxylic acid groups (broad SMARTS) is 1. The van der Waals surface area contributed by atoms with Crippen molar-refractivity contribution in [1.82, 2.24) is 0 Å². The molecule has 106 valence electrons. The summed E-state index contributed by atoms with van der Waals surface area (Å²) in [7, 11) is 0. The van der Waals surface area contributed by atoms with Crippen LogP contribution in [0.3, 0.4) is 0 Å². The number of carbonyl (C=O) groups is 1. The Morgan fingerprint density at radius 3 is 2.06 bits per heavy atom. The first-order chi connectivity index (χ1) is 8.45. The standard InChI is InChI=1S/C16H30O2/c1-5-13(6-2)11-16(15(17)18)9-7-14(8-10-16)12(3)4/h12-14H,5-11H2,1-4H3,(H,17,18). The maximum atomic E-state index is 11.7. The molecular formula is C16H30O2. The minimum atomic E-state index is -0.545. The molecule has 1 aliphatic rings. The molecule has 1 fully saturated rings. The average Bonchev–Trinajstić information content (AvgIpc) is 2.36. The van der Waals surface area contributed by atoms with Gasteiger partial charge >= 0.3 is 5.97 Å². The maximum absolute atomic E-state index is 11.7. The summed E-state index contributed by atoms with van der Waals surface area (Å²) in [5, 5.41) is 9.65. The van der Waals surface area contributed by atoms with E-state index >= 15 is 0 Å². The van der Waals surface area contributed by atoms with Crippen molar-refractivity contribution in [3.05, 3.63) is 0 Å². The molecule has 0 bridgehead atoms. The SMILES string of the molecule is CCC(CC)CC1(C(=O)O)CCC(C(C)C)CC1. The van der Waals surface area contributed by atoms with Crippen LogP contribution in [0.4, 0.5) is 0 Å². The van der Waals surface area contributed by atoms with Gasteiger partial charge in [0.1, 0.15) is 0 Å². The molecule has 0 aromatic rings. The molecule has 2 nitrogen and oxygen atoms in total. The van der Waals surface area contributed by atoms with Crippen LogP contribution in [0.2, 0.25) is 0 Å². The van der Waals surface area contributed by atoms with E-state index in [-0.39, 0.29) is 0 Å². The van der Waals surface area contributed by atoms with Gasteiger partial charge in [0.05, 0.1) is 5.41 Å². The summed E-state index contributed by atoms with van der Waals surface area (Å²) in [6.45, 7) is 8.89. The molecular weight excluding hydrogens is 224 g/mol. The zero-order chi connectivity index (χ0) is 13.8. The van der Waals surface area contributed by atoms with Crippen molar-refractivity contribution in [3.8, 4) is 0 Å². The van der Waals surface area contributed by atoms with E-state index in [4.69, 9.17) is 0 Å². The summed E-state index contributed by atoms with van der Waals surface area (Å²) < 4.78 is 0. The summed E-state index contributed by atoms with van der Waals surface area (Å²) >= 11 is 0. The van der Waals surface area contributed by atoms with Gasteiger partial charge in [-0.05, 0) is 49.9 Å². The van der Waals surface area contributed by atoms with Gasteiger partial charge in [0.25, 0.3) is 0 Å². The number of hydrogen-bond acceptors (Lipinski definition) is 1. The summed E-state index contributed by atoms with van der Waals surface area (Å²) in [4.78, 5) is 11.7. The van der Waals surface area contributed by atoms with E-state index in [1.165, 1.54) is 0 Å². The van der Waals surface area contributed by atoms with Gasteiger partial charge in [0, 0.05) is 0 Å². The Balaban J connectivity index is 2.70. The molecule has 0 heterocycles. The Kier molecular flexibility index (Phi) is 5.68. The van der Waals surface area contributed by atoms with E-state index < -0.39 is 11.4 Å². The van der Waals surface area contributed by atoms with Gasteiger partial charge < -0.3 is 5.11 Å². The van der Waals surface area contributed by atoms with Gasteiger partial charge in [-0.2, -0.15) is 0 Å². The molecule has 1 saturated carbocycles. The second kappa shape index (κ2) is 6.58. The Hall–Kier alpha value is -0.530. The van der Waals surface area contributed by atoms with E-state index in [0.29, 0.717) is 11.8 Å². The highest BCUT2D eigenvalue weighted by Crippen LogP contribution is 2.46. The first-order valence-electron chi connectivity index (χ1n) is 7.68. The highest BCUT2D eigenvalue weighted by molar-refractivity contribution is 5.74. The monoisotopic (exact) mass is 254 g/mol. The minimum absolute atomic E-state index is 0.415. The van der Waals surface area contributed by atoms with Gasteiger partial charge in [0.2, 0.25) is 0 Å². The molecule has 1 rings (SSSR count). The maximum Gasteiger partial charge on any atom is 0.309 e. The minimum Gasteiger partial charge on any atom is -0.481 e. The highest BCUT2D eigenvalue weighted by Gasteiger charge is 2.43. The fourth-order valence-corrected chi connectivity index (χ4v) is 3.49. The summed E-state index contributed by atoms with van der Waals surface area (Å²) in [6, 6.07) is 0. The third-order valence-electron chi connectivity index (χ3n) is 5.22. The largest absolute Gasteiger partial charge is 0.481 e. The van der Waals surface area contributed by atoms with Gasteiger partial charge in [-0.1, -0.05) is 40.5 Å². The molecule has 0 atom stereocenters. The number of rotatable bonds is 6. The van der Waals surface area contributed by atoms with Crippen LogP contribution < -0.4 is 0 Å². The Bertz CT molecular complexity index is 258. The zero-order valence-corrected chi connectivity index (χ0v) is 12.5. The fraction of sp³-hybridized carbons (Fsp3) is 0.938. The van der Waals surface area contributed by atoms with Crippen molar-refractivity contribution in [1.29, 1.82) is 0 Å². The third-order valence-corrected chi connectivity index (χ3v) is 5.22. The van der Waals surface area contributed by atoms with E-state index in [2.05, 4.69) is 27.7 Å². The van der Waals surface area contributed by atoms with Crippen LogP contribution in [-0.2, 0) is 4.79 Å². The van der Waals surface area contributed by atoms with Crippen LogP contribution in [0, 0.1) is 23.2 Å². The second-order valence-electron chi connectivity index (χ2n) is 6.55. The molecule has 18 heavy (non-hydrogen) atoms. The number of aliphatic carboxylic acids is 1. The molecule has 2 heteroatoms. The number of hydrogen-bond donors (Lipinski definition) is 1. The lowest BCUT2D eigenvalue weighted by Gasteiger charge is -2.40. The molecule has 0 saturated heterocycles. The summed E-state index contributed by atoms with van der Waals surface area (Å²) in [5.41, 5.74) is -0.415. The van der Waals surface area contributed by atoms with E-state index in [9.17, 15) is 9.90 Å². The fourth-order valence-electron chi connectivity index (χ4n) is 3.49. The molecule has 0 amide bonds. The second-order valence-corrected chi connectivity index (χ2v) is 6.55. The molecule has 0 radical (unpaired) electrons. The average molecular weight is 254 g/mol. The van der Waals surface area contributed by atoms with Crippen molar-refractivity contribution in [2.24, 2.45) is 23.2 Å². The normalized spacial score (nSPS) is 28.9. The van der Waals surface area contributed by atoms with Crippen molar-refractivity contribution in [2.45, 2.75) is 72.6 Å². The van der Waals surface area contributed by atoms with Gasteiger partial charge in [-0.3, -0.25) is 4.79 Å². The van der Waals surface area contributed by atoms with Crippen LogP contribution in [0.25, 0.3) is 0 Å². The predicted octanol–water partition coefficient (Wildman–Crippen LogP) is 4.73. The number of carboxylic acids is 1. The lowest BCUT2D eigenvalue weighted by Crippen LogP contribution is -2.38. The molecule has 0 spiro atoms. The van der Waals surface area contributed by atoms with Crippen LogP contribution in [0.1, 0.15) is 72.6 Å². The van der Waals surface area contributed by atoms with E-state index in [1.807, 2.05) is 0 Å². The first-order valence-corrected chi connectivity index (χ1v) is 7.68. The topological polar surface area (TPSA) is 37.3 Å². The smallest absolute Gasteiger partial charge is 0.309 e. The lowest BCUT2D eigenvalue weighted by molar-refractivity contribution is -0.153. The van der Waals surface area contributed by atoms with Crippen LogP contribution >= 0.6 is 0 Å². The van der Waals surface area contributed by atoms with Gasteiger partial charge in [-0.15, -0.1) is 0 Å². The molecule has 1 aliphatic carbocycles. The van der Waals surface area contributed by atoms with Crippen LogP contribution in [-0.4, -0.2) is 11.1 Å². The van der Waals surface area contributed by atoms with E-state index in [0.717, 1.165) is 50.9 Å². The first kappa shape index (κ1) is 15.5. The quantitative estimate of drug-likeness (QED) is 0.744. The van der Waals surface area contributed by atoms with E-state index in [1.54, 1.807) is 0 Å². The van der Waals surface area contributed by atoms with Gasteiger partial charge in [0.15, 0.2) is 0 Å². The van der Waals surface area contributed by atoms with Crippen molar-refractivity contribution in [3.63, 3.8) is 0 Å². The highest BCUT2D eigenvalue weighted by atomic mass is 16.4. The Morgan fingerprint density at radius 2 is 1.72 bits per heavy atom. The summed E-state index contributed by atoms with van der Waals surface area (Å²) in [6.07, 6.45) is 7.09. The van der Waals surface area contributed by atoms with Crippen molar-refractivity contribution < 1.29 is 9.90 Å². The molecule has 0 aromatic carbocycles. The summed E-state index contributed by atoms with van der Waals surface area (Å²) in [5.74, 6) is 1.47. The molecule has 1 N–H and O–H groups in total. The zero-order valence-electron chi connectivity index (χ0n) is 12.5. The van der Waals surface area contributed by atoms with Crippen molar-refractivity contribution in [2.75, 3.05) is 0 Å². The molecule has 0 aromatic heterocycles. The molecule has 0 aliphatic heterocycles. The predicted molar refractivity (Wildman–Crippen MR) is 75.6 cm³/mol. The lowest BCUT2D eigenvalue weighted by atomic mass is 9.64. The Morgan fingerprint density at radius 1 is 1.22 bits per heavy atom.